The van der Waals surface area contributed by atoms with Gasteiger partial charge in [-0.15, -0.1) is 0 Å². The van der Waals surface area contributed by atoms with E-state index < -0.39 is 6.03 Å². The molecular weight excluding hydrogens is 294 g/mol. The summed E-state index contributed by atoms with van der Waals surface area (Å²) in [5, 5.41) is 5.24. The number of primary amides is 1. The number of aryl methyl sites for hydroxylation is 1. The van der Waals surface area contributed by atoms with Crippen LogP contribution in [0.1, 0.15) is 11.1 Å². The van der Waals surface area contributed by atoms with Gasteiger partial charge in [-0.25, -0.2) is 4.79 Å². The van der Waals surface area contributed by atoms with E-state index in [1.54, 1.807) is 24.3 Å². The molecule has 0 aliphatic heterocycles. The number of rotatable bonds is 6. The van der Waals surface area contributed by atoms with E-state index in [-0.39, 0.29) is 12.5 Å². The second-order valence-corrected chi connectivity index (χ2v) is 5.06. The number of carbonyl (C=O) groups is 2. The van der Waals surface area contributed by atoms with Crippen LogP contribution < -0.4 is 21.1 Å². The van der Waals surface area contributed by atoms with Gasteiger partial charge >= 0.3 is 6.03 Å². The lowest BCUT2D eigenvalue weighted by Crippen LogP contribution is -2.28. The molecule has 120 valence electrons. The summed E-state index contributed by atoms with van der Waals surface area (Å²) in [6.07, 6.45) is 0. The predicted molar refractivity (Wildman–Crippen MR) is 88.2 cm³/mol. The van der Waals surface area contributed by atoms with Gasteiger partial charge in [0.2, 0.25) is 0 Å². The molecule has 0 aromatic heterocycles. The van der Waals surface area contributed by atoms with Crippen LogP contribution in [0.25, 0.3) is 0 Å². The summed E-state index contributed by atoms with van der Waals surface area (Å²) in [6.45, 7) is 2.33. The summed E-state index contributed by atoms with van der Waals surface area (Å²) in [4.78, 5) is 22.5. The van der Waals surface area contributed by atoms with Crippen molar-refractivity contribution < 1.29 is 14.3 Å². The Morgan fingerprint density at radius 1 is 1.04 bits per heavy atom. The van der Waals surface area contributed by atoms with Gasteiger partial charge in [0.15, 0.2) is 6.61 Å². The fourth-order valence-electron chi connectivity index (χ4n) is 1.88. The molecule has 0 fully saturated rings. The van der Waals surface area contributed by atoms with Crippen LogP contribution in [0.5, 0.6) is 5.75 Å². The molecule has 0 atom stereocenters. The molecule has 0 saturated carbocycles. The highest BCUT2D eigenvalue weighted by Crippen LogP contribution is 2.11. The minimum atomic E-state index is -0.612. The van der Waals surface area contributed by atoms with Crippen molar-refractivity contribution in [3.8, 4) is 5.75 Å². The predicted octanol–water partition coefficient (Wildman–Crippen LogP) is 2.18. The first-order valence-electron chi connectivity index (χ1n) is 7.14. The molecule has 0 heterocycles. The zero-order valence-electron chi connectivity index (χ0n) is 12.8. The van der Waals surface area contributed by atoms with Crippen molar-refractivity contribution in [2.45, 2.75) is 13.5 Å². The molecule has 6 heteroatoms. The zero-order chi connectivity index (χ0) is 16.7. The number of benzene rings is 2. The summed E-state index contributed by atoms with van der Waals surface area (Å²) in [5.74, 6) is 0.456. The molecule has 3 amide bonds. The van der Waals surface area contributed by atoms with E-state index in [0.29, 0.717) is 18.0 Å². The lowest BCUT2D eigenvalue weighted by atomic mass is 10.2. The standard InChI is InChI=1S/C17H19N3O3/c1-12-2-8-15(9-3-12)23-11-16(21)19-10-13-4-6-14(7-5-13)20-17(18)22/h2-9H,10-11H2,1H3,(H,19,21)(H3,18,20,22). The molecule has 0 radical (unpaired) electrons. The topological polar surface area (TPSA) is 93.4 Å². The van der Waals surface area contributed by atoms with Crippen LogP contribution in [-0.2, 0) is 11.3 Å². The van der Waals surface area contributed by atoms with E-state index in [9.17, 15) is 9.59 Å². The zero-order valence-corrected chi connectivity index (χ0v) is 12.8. The van der Waals surface area contributed by atoms with Gasteiger partial charge in [-0.1, -0.05) is 29.8 Å². The van der Waals surface area contributed by atoms with E-state index in [4.69, 9.17) is 10.5 Å². The van der Waals surface area contributed by atoms with E-state index in [1.807, 2.05) is 31.2 Å². The Morgan fingerprint density at radius 3 is 2.30 bits per heavy atom. The number of ether oxygens (including phenoxy) is 1. The summed E-state index contributed by atoms with van der Waals surface area (Å²) in [7, 11) is 0. The molecule has 0 bridgehead atoms. The Balaban J connectivity index is 1.75. The second-order valence-electron chi connectivity index (χ2n) is 5.06. The van der Waals surface area contributed by atoms with Gasteiger partial charge in [-0.3, -0.25) is 4.79 Å². The van der Waals surface area contributed by atoms with Crippen molar-refractivity contribution in [3.05, 3.63) is 59.7 Å². The normalized spacial score (nSPS) is 9.96. The highest BCUT2D eigenvalue weighted by molar-refractivity contribution is 5.87. The largest absolute Gasteiger partial charge is 0.484 e. The first-order chi connectivity index (χ1) is 11.0. The molecule has 0 spiro atoms. The second kappa shape index (κ2) is 7.84. The number of hydrogen-bond acceptors (Lipinski definition) is 3. The Hall–Kier alpha value is -3.02. The van der Waals surface area contributed by atoms with Crippen molar-refractivity contribution in [2.24, 2.45) is 5.73 Å². The van der Waals surface area contributed by atoms with Gasteiger partial charge in [0, 0.05) is 12.2 Å². The van der Waals surface area contributed by atoms with E-state index >= 15 is 0 Å². The van der Waals surface area contributed by atoms with Crippen LogP contribution in [-0.4, -0.2) is 18.5 Å². The summed E-state index contributed by atoms with van der Waals surface area (Å²) in [5.41, 5.74) is 7.68. The highest BCUT2D eigenvalue weighted by Gasteiger charge is 2.03. The van der Waals surface area contributed by atoms with Crippen LogP contribution in [0.3, 0.4) is 0 Å². The fourth-order valence-corrected chi connectivity index (χ4v) is 1.88. The Bertz CT molecular complexity index is 666. The average Bonchev–Trinajstić information content (AvgIpc) is 2.53. The molecular formula is C17H19N3O3. The maximum Gasteiger partial charge on any atom is 0.316 e. The van der Waals surface area contributed by atoms with Crippen LogP contribution in [0.2, 0.25) is 0 Å². The molecule has 0 aliphatic rings. The van der Waals surface area contributed by atoms with Gasteiger partial charge in [-0.2, -0.15) is 0 Å². The molecule has 0 aliphatic carbocycles. The van der Waals surface area contributed by atoms with Crippen molar-refractivity contribution in [1.82, 2.24) is 5.32 Å². The number of amides is 3. The molecule has 0 saturated heterocycles. The maximum absolute atomic E-state index is 11.8. The Labute approximate surface area is 134 Å². The molecule has 2 aromatic rings. The Kier molecular flexibility index (Phi) is 5.57. The third-order valence-electron chi connectivity index (χ3n) is 3.10. The number of urea groups is 1. The summed E-state index contributed by atoms with van der Waals surface area (Å²) < 4.78 is 5.40. The monoisotopic (exact) mass is 313 g/mol. The molecule has 0 unspecified atom stereocenters. The molecule has 2 aromatic carbocycles. The van der Waals surface area contributed by atoms with Crippen molar-refractivity contribution in [2.75, 3.05) is 11.9 Å². The van der Waals surface area contributed by atoms with Crippen molar-refractivity contribution in [3.63, 3.8) is 0 Å². The van der Waals surface area contributed by atoms with Crippen molar-refractivity contribution in [1.29, 1.82) is 0 Å². The minimum absolute atomic E-state index is 0.0373. The van der Waals surface area contributed by atoms with Gasteiger partial charge < -0.3 is 21.1 Å². The number of anilines is 1. The molecule has 4 N–H and O–H groups in total. The quantitative estimate of drug-likeness (QED) is 0.763. The summed E-state index contributed by atoms with van der Waals surface area (Å²) in [6, 6.07) is 13.9. The van der Waals surface area contributed by atoms with Crippen LogP contribution >= 0.6 is 0 Å². The Morgan fingerprint density at radius 2 is 1.70 bits per heavy atom. The van der Waals surface area contributed by atoms with Gasteiger partial charge in [0.05, 0.1) is 0 Å². The maximum atomic E-state index is 11.8. The average molecular weight is 313 g/mol. The fraction of sp³-hybridized carbons (Fsp3) is 0.176. The van der Waals surface area contributed by atoms with Gasteiger partial charge in [-0.05, 0) is 36.8 Å². The third-order valence-corrected chi connectivity index (χ3v) is 3.10. The van der Waals surface area contributed by atoms with E-state index in [0.717, 1.165) is 11.1 Å². The number of nitrogens with two attached hydrogens (primary N) is 1. The third kappa shape index (κ3) is 5.70. The lowest BCUT2D eigenvalue weighted by Gasteiger charge is -2.08. The van der Waals surface area contributed by atoms with Crippen LogP contribution in [0.4, 0.5) is 10.5 Å². The van der Waals surface area contributed by atoms with Crippen molar-refractivity contribution >= 4 is 17.6 Å². The van der Waals surface area contributed by atoms with Gasteiger partial charge in [0.1, 0.15) is 5.75 Å². The summed E-state index contributed by atoms with van der Waals surface area (Å²) >= 11 is 0. The molecule has 2 rings (SSSR count). The van der Waals surface area contributed by atoms with E-state index in [1.165, 1.54) is 0 Å². The lowest BCUT2D eigenvalue weighted by molar-refractivity contribution is -0.123. The minimum Gasteiger partial charge on any atom is -0.484 e. The van der Waals surface area contributed by atoms with E-state index in [2.05, 4.69) is 10.6 Å². The first kappa shape index (κ1) is 16.4. The first-order valence-corrected chi connectivity index (χ1v) is 7.14. The highest BCUT2D eigenvalue weighted by atomic mass is 16.5. The van der Waals surface area contributed by atoms with Gasteiger partial charge in [0.25, 0.3) is 5.91 Å². The van der Waals surface area contributed by atoms with Crippen LogP contribution in [0, 0.1) is 6.92 Å². The van der Waals surface area contributed by atoms with Crippen LogP contribution in [0.15, 0.2) is 48.5 Å². The smallest absolute Gasteiger partial charge is 0.316 e. The number of nitrogens with one attached hydrogen (secondary N) is 2. The molecule has 6 nitrogen and oxygen atoms in total. The molecule has 23 heavy (non-hydrogen) atoms. The SMILES string of the molecule is Cc1ccc(OCC(=O)NCc2ccc(NC(N)=O)cc2)cc1. The number of hydrogen-bond donors (Lipinski definition) is 3. The number of carbonyl (C=O) groups excluding carboxylic acids is 2.